The molecule has 2 aromatic heterocycles. The second-order valence-corrected chi connectivity index (χ2v) is 11.3. The number of halogens is 8. The van der Waals surface area contributed by atoms with Gasteiger partial charge in [0.15, 0.2) is 0 Å². The summed E-state index contributed by atoms with van der Waals surface area (Å²) in [4.78, 5) is 33.1. The van der Waals surface area contributed by atoms with Crippen molar-refractivity contribution in [3.63, 3.8) is 0 Å². The van der Waals surface area contributed by atoms with Gasteiger partial charge in [-0.15, -0.1) is 0 Å². The molecule has 0 unspecified atom stereocenters. The molecule has 44 heavy (non-hydrogen) atoms. The second kappa shape index (κ2) is 12.7. The van der Waals surface area contributed by atoms with Crippen LogP contribution < -0.4 is 10.6 Å². The molecule has 0 spiro atoms. The zero-order valence-corrected chi connectivity index (χ0v) is 23.8. The van der Waals surface area contributed by atoms with Crippen LogP contribution in [0.5, 0.6) is 0 Å². The fourth-order valence-electron chi connectivity index (χ4n) is 5.20. The number of aromatic amines is 1. The van der Waals surface area contributed by atoms with Crippen molar-refractivity contribution in [3.05, 3.63) is 47.5 Å². The zero-order valence-electron chi connectivity index (χ0n) is 23.8. The first-order valence-electron chi connectivity index (χ1n) is 14.0. The number of nitrogens with one attached hydrogen (secondary N) is 3. The summed E-state index contributed by atoms with van der Waals surface area (Å²) in [6.07, 6.45) is -10.5. The van der Waals surface area contributed by atoms with Crippen LogP contribution in [0.25, 0.3) is 11.0 Å². The van der Waals surface area contributed by atoms with Gasteiger partial charge in [-0.2, -0.15) is 31.4 Å². The predicted molar refractivity (Wildman–Crippen MR) is 142 cm³/mol. The summed E-state index contributed by atoms with van der Waals surface area (Å²) in [7, 11) is 0. The topological polar surface area (TPSA) is 105 Å². The number of H-pyrrole nitrogens is 1. The summed E-state index contributed by atoms with van der Waals surface area (Å²) in [5, 5.41) is 9.10. The third-order valence-corrected chi connectivity index (χ3v) is 7.82. The van der Waals surface area contributed by atoms with Gasteiger partial charge in [-0.1, -0.05) is 13.0 Å². The van der Waals surface area contributed by atoms with Gasteiger partial charge in [0.1, 0.15) is 11.5 Å². The number of aryl methyl sites for hydroxylation is 1. The summed E-state index contributed by atoms with van der Waals surface area (Å²) in [5.74, 6) is -6.45. The van der Waals surface area contributed by atoms with E-state index in [2.05, 4.69) is 25.7 Å². The van der Waals surface area contributed by atoms with E-state index in [1.54, 1.807) is 25.1 Å². The number of imidazole rings is 1. The lowest BCUT2D eigenvalue weighted by Crippen LogP contribution is -2.38. The van der Waals surface area contributed by atoms with E-state index in [4.69, 9.17) is 0 Å². The Balaban J connectivity index is 1.56. The smallest absolute Gasteiger partial charge is 0.350 e. The molecule has 1 aliphatic rings. The summed E-state index contributed by atoms with van der Waals surface area (Å²) < 4.78 is 106. The van der Waals surface area contributed by atoms with Gasteiger partial charge in [0.2, 0.25) is 11.8 Å². The van der Waals surface area contributed by atoms with Gasteiger partial charge < -0.3 is 15.6 Å². The minimum Gasteiger partial charge on any atom is -0.350 e. The number of hydrogen-bond acceptors (Lipinski definition) is 4. The Morgan fingerprint density at radius 2 is 1.75 bits per heavy atom. The average Bonchev–Trinajstić information content (AvgIpc) is 3.56. The lowest BCUT2D eigenvalue weighted by atomic mass is 9.81. The quantitative estimate of drug-likeness (QED) is 0.214. The van der Waals surface area contributed by atoms with Crippen molar-refractivity contribution in [2.24, 2.45) is 11.8 Å². The molecule has 0 radical (unpaired) electrons. The van der Waals surface area contributed by atoms with Gasteiger partial charge in [0.25, 0.3) is 5.91 Å². The van der Waals surface area contributed by atoms with Gasteiger partial charge in [-0.05, 0) is 49.4 Å². The van der Waals surface area contributed by atoms with Crippen LogP contribution >= 0.6 is 0 Å². The van der Waals surface area contributed by atoms with Gasteiger partial charge >= 0.3 is 12.4 Å². The number of aromatic nitrogens is 4. The standard InChI is InChI=1S/C28H32F8N6O2/c1-15(28(34,35)36)13-22(43)38-16(2)18-3-4-19-20(14-18)40-24(39-19)23(17-5-8-26(29,30)9-6-17)41-25(44)21-7-11-37-42(21)12-10-27(31,32)33/h3-4,7,11,14-17,23H,5-6,8-10,12-13H2,1-2H3,(H,38,43)(H,39,40)(H,41,44)/t15-,16-,23+/m1/s1. The van der Waals surface area contributed by atoms with E-state index in [-0.39, 0.29) is 24.4 Å². The van der Waals surface area contributed by atoms with Gasteiger partial charge in [0.05, 0.1) is 42.0 Å². The predicted octanol–water partition coefficient (Wildman–Crippen LogP) is 6.77. The molecule has 1 fully saturated rings. The number of fused-ring (bicyclic) bond motifs is 1. The SMILES string of the molecule is C[C@H](CC(=O)N[C@H](C)c1ccc2nc([C@@H](NC(=O)c3ccnn3CCC(F)(F)F)C3CCC(F)(F)CC3)[nH]c2c1)C(F)(F)F. The molecule has 1 aliphatic carbocycles. The highest BCUT2D eigenvalue weighted by Crippen LogP contribution is 2.41. The van der Waals surface area contributed by atoms with Crippen molar-refractivity contribution >= 4 is 22.8 Å². The van der Waals surface area contributed by atoms with E-state index in [1.165, 1.54) is 12.3 Å². The summed E-state index contributed by atoms with van der Waals surface area (Å²) in [6, 6.07) is 4.55. The minimum absolute atomic E-state index is 0.0486. The fourth-order valence-corrected chi connectivity index (χ4v) is 5.20. The molecule has 0 bridgehead atoms. The van der Waals surface area contributed by atoms with Crippen molar-refractivity contribution < 1.29 is 44.7 Å². The maximum absolute atomic E-state index is 14.0. The summed E-state index contributed by atoms with van der Waals surface area (Å²) in [5.41, 5.74) is 1.30. The molecule has 4 rings (SSSR count). The van der Waals surface area contributed by atoms with Gasteiger partial charge in [0, 0.05) is 25.5 Å². The van der Waals surface area contributed by atoms with Crippen LogP contribution in [0.3, 0.4) is 0 Å². The Bertz CT molecular complexity index is 1450. The largest absolute Gasteiger partial charge is 0.392 e. The number of carbonyl (C=O) groups is 2. The third-order valence-electron chi connectivity index (χ3n) is 7.82. The molecular formula is C28H32F8N6O2. The van der Waals surface area contributed by atoms with Crippen molar-refractivity contribution in [1.82, 2.24) is 30.4 Å². The van der Waals surface area contributed by atoms with Crippen LogP contribution in [0.4, 0.5) is 35.1 Å². The molecule has 3 N–H and O–H groups in total. The lowest BCUT2D eigenvalue weighted by molar-refractivity contribution is -0.174. The maximum atomic E-state index is 14.0. The Hall–Kier alpha value is -3.72. The van der Waals surface area contributed by atoms with E-state index in [9.17, 15) is 44.7 Å². The molecule has 1 aromatic carbocycles. The van der Waals surface area contributed by atoms with Gasteiger partial charge in [-0.3, -0.25) is 14.3 Å². The molecule has 16 heteroatoms. The first-order chi connectivity index (χ1) is 20.4. The molecule has 0 saturated heterocycles. The average molecular weight is 637 g/mol. The molecule has 1 saturated carbocycles. The van der Waals surface area contributed by atoms with Crippen LogP contribution in [-0.4, -0.2) is 49.8 Å². The monoisotopic (exact) mass is 636 g/mol. The fraction of sp³-hybridized carbons (Fsp3) is 0.571. The number of hydrogen-bond donors (Lipinski definition) is 3. The Morgan fingerprint density at radius 3 is 2.39 bits per heavy atom. The first-order valence-corrected chi connectivity index (χ1v) is 14.0. The molecule has 2 amide bonds. The van der Waals surface area contributed by atoms with E-state index in [0.29, 0.717) is 16.6 Å². The van der Waals surface area contributed by atoms with E-state index in [1.807, 2.05) is 0 Å². The normalized spacial score (nSPS) is 18.1. The number of alkyl halides is 8. The molecule has 2 heterocycles. The number of amides is 2. The van der Waals surface area contributed by atoms with E-state index < -0.39 is 86.2 Å². The number of benzene rings is 1. The number of carbonyl (C=O) groups excluding carboxylic acids is 2. The summed E-state index contributed by atoms with van der Waals surface area (Å²) >= 11 is 0. The third kappa shape index (κ3) is 8.46. The molecule has 3 atom stereocenters. The van der Waals surface area contributed by atoms with Crippen molar-refractivity contribution in [1.29, 1.82) is 0 Å². The van der Waals surface area contributed by atoms with Crippen LogP contribution in [0.15, 0.2) is 30.5 Å². The molecular weight excluding hydrogens is 604 g/mol. The van der Waals surface area contributed by atoms with Crippen molar-refractivity contribution in [2.75, 3.05) is 0 Å². The highest BCUT2D eigenvalue weighted by Gasteiger charge is 2.40. The lowest BCUT2D eigenvalue weighted by Gasteiger charge is -2.33. The Kier molecular flexibility index (Phi) is 9.59. The maximum Gasteiger partial charge on any atom is 0.392 e. The highest BCUT2D eigenvalue weighted by molar-refractivity contribution is 5.92. The van der Waals surface area contributed by atoms with Crippen LogP contribution in [0, 0.1) is 11.8 Å². The Morgan fingerprint density at radius 1 is 1.07 bits per heavy atom. The Labute approximate surface area is 247 Å². The first kappa shape index (κ1) is 33.2. The van der Waals surface area contributed by atoms with Crippen LogP contribution in [0.2, 0.25) is 0 Å². The van der Waals surface area contributed by atoms with Crippen LogP contribution in [0.1, 0.15) is 86.3 Å². The van der Waals surface area contributed by atoms with E-state index >= 15 is 0 Å². The molecule has 0 aliphatic heterocycles. The van der Waals surface area contributed by atoms with Crippen molar-refractivity contribution in [2.45, 2.75) is 89.3 Å². The number of nitrogens with zero attached hydrogens (tertiary/aromatic N) is 3. The molecule has 242 valence electrons. The minimum atomic E-state index is -4.51. The molecule has 3 aromatic rings. The highest BCUT2D eigenvalue weighted by atomic mass is 19.4. The number of rotatable bonds is 10. The van der Waals surface area contributed by atoms with Gasteiger partial charge in [-0.25, -0.2) is 13.8 Å². The second-order valence-electron chi connectivity index (χ2n) is 11.3. The molecule has 8 nitrogen and oxygen atoms in total. The summed E-state index contributed by atoms with van der Waals surface area (Å²) in [6.45, 7) is 1.93. The van der Waals surface area contributed by atoms with Crippen LogP contribution in [-0.2, 0) is 11.3 Å². The van der Waals surface area contributed by atoms with E-state index in [0.717, 1.165) is 11.6 Å². The zero-order chi connectivity index (χ0) is 32.4. The van der Waals surface area contributed by atoms with Crippen molar-refractivity contribution in [3.8, 4) is 0 Å².